The molecule has 0 heterocycles. The topological polar surface area (TPSA) is 132 Å². The molecule has 0 unspecified atom stereocenters. The molecule has 8 nitrogen and oxygen atoms in total. The van der Waals surface area contributed by atoms with Gasteiger partial charge in [-0.05, 0) is 18.6 Å². The van der Waals surface area contributed by atoms with Gasteiger partial charge in [0.2, 0.25) is 10.0 Å². The van der Waals surface area contributed by atoms with Crippen LogP contribution in [0.3, 0.4) is 0 Å². The Morgan fingerprint density at radius 1 is 1.32 bits per heavy atom. The first-order valence-corrected chi connectivity index (χ1v) is 7.04. The summed E-state index contributed by atoms with van der Waals surface area (Å²) in [6, 6.07) is 5.10. The van der Waals surface area contributed by atoms with Gasteiger partial charge in [0.25, 0.3) is 11.6 Å². The first-order valence-electron chi connectivity index (χ1n) is 5.33. The van der Waals surface area contributed by atoms with Crippen LogP contribution in [0.2, 0.25) is 0 Å². The van der Waals surface area contributed by atoms with Gasteiger partial charge in [-0.15, -0.1) is 0 Å². The summed E-state index contributed by atoms with van der Waals surface area (Å²) in [4.78, 5) is 21.5. The van der Waals surface area contributed by atoms with E-state index in [1.807, 2.05) is 0 Å². The number of sulfonamides is 1. The van der Waals surface area contributed by atoms with E-state index in [2.05, 4.69) is 5.32 Å². The fraction of sp³-hybridized carbons (Fsp3) is 0.300. The highest BCUT2D eigenvalue weighted by Gasteiger charge is 2.09. The van der Waals surface area contributed by atoms with Crippen LogP contribution < -0.4 is 10.5 Å². The number of hydrogen-bond donors (Lipinski definition) is 2. The summed E-state index contributed by atoms with van der Waals surface area (Å²) in [5.74, 6) is -0.641. The van der Waals surface area contributed by atoms with Crippen LogP contribution in [0.25, 0.3) is 0 Å². The van der Waals surface area contributed by atoms with Crippen molar-refractivity contribution in [2.75, 3.05) is 12.3 Å². The lowest BCUT2D eigenvalue weighted by molar-refractivity contribution is -0.384. The van der Waals surface area contributed by atoms with Crippen LogP contribution >= 0.6 is 0 Å². The number of hydrogen-bond acceptors (Lipinski definition) is 5. The molecule has 0 radical (unpaired) electrons. The van der Waals surface area contributed by atoms with Crippen LogP contribution in [0.15, 0.2) is 24.3 Å². The van der Waals surface area contributed by atoms with Crippen LogP contribution in [0.4, 0.5) is 5.69 Å². The van der Waals surface area contributed by atoms with Gasteiger partial charge >= 0.3 is 0 Å². The van der Waals surface area contributed by atoms with Gasteiger partial charge in [-0.3, -0.25) is 14.9 Å². The molecule has 104 valence electrons. The number of carbonyl (C=O) groups excluding carboxylic acids is 1. The minimum atomic E-state index is -3.53. The highest BCUT2D eigenvalue weighted by atomic mass is 32.2. The molecule has 1 aromatic rings. The number of benzene rings is 1. The Kier molecular flexibility index (Phi) is 4.95. The molecule has 0 saturated heterocycles. The molecule has 9 heteroatoms. The number of rotatable bonds is 6. The maximum Gasteiger partial charge on any atom is 0.269 e. The predicted molar refractivity (Wildman–Crippen MR) is 68.0 cm³/mol. The van der Waals surface area contributed by atoms with Crippen molar-refractivity contribution in [1.29, 1.82) is 0 Å². The molecule has 1 amide bonds. The number of nitro benzene ring substituents is 1. The first kappa shape index (κ1) is 15.1. The summed E-state index contributed by atoms with van der Waals surface area (Å²) < 4.78 is 21.3. The van der Waals surface area contributed by atoms with Crippen molar-refractivity contribution in [3.05, 3.63) is 39.9 Å². The highest BCUT2D eigenvalue weighted by Crippen LogP contribution is 2.11. The monoisotopic (exact) mass is 287 g/mol. The standard InChI is InChI=1S/C10H13N3O5S/c11-19(17,18)7-1-6-12-10(14)8-2-4-9(5-3-8)13(15)16/h2-5H,1,6-7H2,(H,12,14)(H2,11,17,18). The number of nitrogens with two attached hydrogens (primary N) is 1. The zero-order chi connectivity index (χ0) is 14.5. The normalized spacial score (nSPS) is 11.0. The van der Waals surface area contributed by atoms with Gasteiger partial charge in [0.15, 0.2) is 0 Å². The van der Waals surface area contributed by atoms with Crippen LogP contribution in [0.1, 0.15) is 16.8 Å². The molecule has 0 aromatic heterocycles. The number of primary sulfonamides is 1. The van der Waals surface area contributed by atoms with Gasteiger partial charge in [0, 0.05) is 24.2 Å². The lowest BCUT2D eigenvalue weighted by Gasteiger charge is -2.04. The molecule has 0 atom stereocenters. The van der Waals surface area contributed by atoms with Gasteiger partial charge in [-0.1, -0.05) is 0 Å². The number of carbonyl (C=O) groups is 1. The average Bonchev–Trinajstić information content (AvgIpc) is 2.33. The highest BCUT2D eigenvalue weighted by molar-refractivity contribution is 7.89. The zero-order valence-electron chi connectivity index (χ0n) is 9.90. The molecule has 19 heavy (non-hydrogen) atoms. The molecule has 1 rings (SSSR count). The predicted octanol–water partition coefficient (Wildman–Crippen LogP) is 0.00320. The molecule has 0 aliphatic carbocycles. The SMILES string of the molecule is NS(=O)(=O)CCCNC(=O)c1ccc([N+](=O)[O-])cc1. The number of non-ortho nitro benzene ring substituents is 1. The quantitative estimate of drug-likeness (QED) is 0.432. The Morgan fingerprint density at radius 2 is 1.89 bits per heavy atom. The third-order valence-corrected chi connectivity index (χ3v) is 3.09. The molecular weight excluding hydrogens is 274 g/mol. The Labute approximate surface area is 109 Å². The maximum atomic E-state index is 11.6. The maximum absolute atomic E-state index is 11.6. The second-order valence-corrected chi connectivity index (χ2v) is 5.51. The lowest BCUT2D eigenvalue weighted by Crippen LogP contribution is -2.27. The molecule has 0 fully saturated rings. The van der Waals surface area contributed by atoms with E-state index in [1.165, 1.54) is 24.3 Å². The number of nitro groups is 1. The van der Waals surface area contributed by atoms with E-state index in [1.54, 1.807) is 0 Å². The molecule has 0 saturated carbocycles. The summed E-state index contributed by atoms with van der Waals surface area (Å²) in [7, 11) is -3.53. The summed E-state index contributed by atoms with van der Waals surface area (Å²) in [6.07, 6.45) is 0.206. The van der Waals surface area contributed by atoms with Crippen LogP contribution in [0, 0.1) is 10.1 Å². The van der Waals surface area contributed by atoms with Crippen LogP contribution in [-0.4, -0.2) is 31.5 Å². The Bertz CT molecular complexity index is 567. The van der Waals surface area contributed by atoms with Crippen molar-refractivity contribution < 1.29 is 18.1 Å². The number of nitrogens with one attached hydrogen (secondary N) is 1. The second-order valence-electron chi connectivity index (χ2n) is 3.78. The van der Waals surface area contributed by atoms with E-state index in [4.69, 9.17) is 5.14 Å². The zero-order valence-corrected chi connectivity index (χ0v) is 10.7. The van der Waals surface area contributed by atoms with Crippen LogP contribution in [-0.2, 0) is 10.0 Å². The minimum absolute atomic E-state index is 0.106. The lowest BCUT2D eigenvalue weighted by atomic mass is 10.2. The van der Waals surface area contributed by atoms with E-state index in [-0.39, 0.29) is 30.0 Å². The van der Waals surface area contributed by atoms with Crippen molar-refractivity contribution >= 4 is 21.6 Å². The van der Waals surface area contributed by atoms with Crippen LogP contribution in [0.5, 0.6) is 0 Å². The average molecular weight is 287 g/mol. The van der Waals surface area contributed by atoms with Gasteiger partial charge in [0.05, 0.1) is 10.7 Å². The molecule has 0 spiro atoms. The van der Waals surface area contributed by atoms with Crippen molar-refractivity contribution in [1.82, 2.24) is 5.32 Å². The van der Waals surface area contributed by atoms with Crippen molar-refractivity contribution in [3.8, 4) is 0 Å². The van der Waals surface area contributed by atoms with E-state index >= 15 is 0 Å². The molecular formula is C10H13N3O5S. The molecule has 0 aliphatic rings. The summed E-state index contributed by atoms with van der Waals surface area (Å²) in [5.41, 5.74) is 0.159. The van der Waals surface area contributed by atoms with Gasteiger partial charge in [0.1, 0.15) is 0 Å². The first-order chi connectivity index (χ1) is 8.79. The third kappa shape index (κ3) is 5.44. The van der Waals surface area contributed by atoms with E-state index in [0.717, 1.165) is 0 Å². The van der Waals surface area contributed by atoms with Gasteiger partial charge in [-0.2, -0.15) is 0 Å². The molecule has 0 bridgehead atoms. The Balaban J connectivity index is 2.48. The van der Waals surface area contributed by atoms with Gasteiger partial charge < -0.3 is 5.32 Å². The third-order valence-electron chi connectivity index (χ3n) is 2.23. The Hall–Kier alpha value is -2.00. The van der Waals surface area contributed by atoms with E-state index < -0.39 is 20.9 Å². The van der Waals surface area contributed by atoms with Crippen molar-refractivity contribution in [2.45, 2.75) is 6.42 Å². The molecule has 3 N–H and O–H groups in total. The molecule has 0 aliphatic heterocycles. The summed E-state index contributed by atoms with van der Waals surface area (Å²) >= 11 is 0. The number of amides is 1. The largest absolute Gasteiger partial charge is 0.352 e. The summed E-state index contributed by atoms with van der Waals surface area (Å²) in [6.45, 7) is 0.159. The van der Waals surface area contributed by atoms with E-state index in [0.29, 0.717) is 0 Å². The fourth-order valence-corrected chi connectivity index (χ4v) is 1.86. The van der Waals surface area contributed by atoms with E-state index in [9.17, 15) is 23.3 Å². The molecule has 1 aromatic carbocycles. The Morgan fingerprint density at radius 3 is 2.37 bits per heavy atom. The fourth-order valence-electron chi connectivity index (χ4n) is 1.31. The second kappa shape index (κ2) is 6.25. The minimum Gasteiger partial charge on any atom is -0.352 e. The smallest absolute Gasteiger partial charge is 0.269 e. The summed E-state index contributed by atoms with van der Waals surface area (Å²) in [5, 5.41) is 17.7. The number of nitrogens with zero attached hydrogens (tertiary/aromatic N) is 1. The van der Waals surface area contributed by atoms with Crippen molar-refractivity contribution in [3.63, 3.8) is 0 Å². The van der Waals surface area contributed by atoms with Gasteiger partial charge in [-0.25, -0.2) is 13.6 Å². The van der Waals surface area contributed by atoms with Crippen molar-refractivity contribution in [2.24, 2.45) is 5.14 Å².